The van der Waals surface area contributed by atoms with Gasteiger partial charge in [0.15, 0.2) is 0 Å². The SMILES string of the molecule is COc1ccc(OC)c(N2CC(C)C(=O)NC2=O)c1. The van der Waals surface area contributed by atoms with Gasteiger partial charge in [-0.15, -0.1) is 0 Å². The van der Waals surface area contributed by atoms with E-state index < -0.39 is 6.03 Å². The summed E-state index contributed by atoms with van der Waals surface area (Å²) >= 11 is 0. The van der Waals surface area contributed by atoms with E-state index in [1.807, 2.05) is 0 Å². The minimum atomic E-state index is -0.449. The summed E-state index contributed by atoms with van der Waals surface area (Å²) in [5.41, 5.74) is 0.582. The molecule has 1 aliphatic rings. The first-order chi connectivity index (χ1) is 9.06. The van der Waals surface area contributed by atoms with Gasteiger partial charge in [-0.3, -0.25) is 15.0 Å². The summed E-state index contributed by atoms with van der Waals surface area (Å²) in [7, 11) is 3.08. The molecule has 6 nitrogen and oxygen atoms in total. The van der Waals surface area contributed by atoms with Gasteiger partial charge in [-0.1, -0.05) is 6.92 Å². The quantitative estimate of drug-likeness (QED) is 0.896. The third-order valence-electron chi connectivity index (χ3n) is 3.06. The molecule has 0 radical (unpaired) electrons. The van der Waals surface area contributed by atoms with Crippen molar-refractivity contribution >= 4 is 17.6 Å². The number of urea groups is 1. The molecule has 1 saturated heterocycles. The summed E-state index contributed by atoms with van der Waals surface area (Å²) in [6.45, 7) is 2.08. The molecule has 0 aliphatic carbocycles. The van der Waals surface area contributed by atoms with Gasteiger partial charge in [-0.05, 0) is 12.1 Å². The minimum absolute atomic E-state index is 0.261. The molecule has 1 aliphatic heterocycles. The number of ether oxygens (including phenoxy) is 2. The standard InChI is InChI=1S/C13H16N2O4/c1-8-7-15(13(17)14-12(8)16)10-6-9(18-2)4-5-11(10)19-3/h4-6,8H,7H2,1-3H3,(H,14,16,17). The van der Waals surface area contributed by atoms with Crippen LogP contribution in [0.5, 0.6) is 11.5 Å². The fraction of sp³-hybridized carbons (Fsp3) is 0.385. The number of benzene rings is 1. The maximum absolute atomic E-state index is 11.9. The highest BCUT2D eigenvalue weighted by Gasteiger charge is 2.31. The number of anilines is 1. The second-order valence-electron chi connectivity index (χ2n) is 4.34. The van der Waals surface area contributed by atoms with Crippen molar-refractivity contribution in [2.24, 2.45) is 5.92 Å². The summed E-state index contributed by atoms with van der Waals surface area (Å²) < 4.78 is 10.4. The Kier molecular flexibility index (Phi) is 3.59. The monoisotopic (exact) mass is 264 g/mol. The maximum Gasteiger partial charge on any atom is 0.328 e. The van der Waals surface area contributed by atoms with Gasteiger partial charge in [0, 0.05) is 12.6 Å². The molecular weight excluding hydrogens is 248 g/mol. The minimum Gasteiger partial charge on any atom is -0.497 e. The molecule has 102 valence electrons. The van der Waals surface area contributed by atoms with Gasteiger partial charge in [0.2, 0.25) is 5.91 Å². The Balaban J connectivity index is 2.39. The van der Waals surface area contributed by atoms with Crippen molar-refractivity contribution in [3.05, 3.63) is 18.2 Å². The Morgan fingerprint density at radius 2 is 2.00 bits per heavy atom. The average molecular weight is 264 g/mol. The van der Waals surface area contributed by atoms with E-state index in [4.69, 9.17) is 9.47 Å². The van der Waals surface area contributed by atoms with Crippen molar-refractivity contribution in [3.8, 4) is 11.5 Å². The Bertz CT molecular complexity index is 515. The molecule has 19 heavy (non-hydrogen) atoms. The van der Waals surface area contributed by atoms with E-state index in [9.17, 15) is 9.59 Å². The molecule has 3 amide bonds. The van der Waals surface area contributed by atoms with Gasteiger partial charge in [-0.25, -0.2) is 4.79 Å². The lowest BCUT2D eigenvalue weighted by molar-refractivity contribution is -0.123. The van der Waals surface area contributed by atoms with Gasteiger partial charge in [0.1, 0.15) is 11.5 Å². The molecule has 1 aromatic rings. The lowest BCUT2D eigenvalue weighted by Gasteiger charge is -2.31. The van der Waals surface area contributed by atoms with Crippen molar-refractivity contribution in [1.29, 1.82) is 0 Å². The summed E-state index contributed by atoms with van der Waals surface area (Å²) in [5, 5.41) is 2.32. The normalized spacial score (nSPS) is 19.1. The van der Waals surface area contributed by atoms with Crippen LogP contribution in [0, 0.1) is 5.92 Å². The molecule has 0 saturated carbocycles. The molecule has 1 N–H and O–H groups in total. The first-order valence-electron chi connectivity index (χ1n) is 5.91. The highest BCUT2D eigenvalue weighted by molar-refractivity contribution is 6.07. The maximum atomic E-state index is 11.9. The average Bonchev–Trinajstić information content (AvgIpc) is 2.42. The van der Waals surface area contributed by atoms with Crippen molar-refractivity contribution in [2.75, 3.05) is 25.7 Å². The molecule has 0 bridgehead atoms. The number of carbonyl (C=O) groups is 2. The van der Waals surface area contributed by atoms with Crippen molar-refractivity contribution in [1.82, 2.24) is 5.32 Å². The van der Waals surface area contributed by atoms with Crippen LogP contribution in [0.1, 0.15) is 6.92 Å². The number of methoxy groups -OCH3 is 2. The van der Waals surface area contributed by atoms with Gasteiger partial charge < -0.3 is 9.47 Å². The predicted octanol–water partition coefficient (Wildman–Crippen LogP) is 1.40. The van der Waals surface area contributed by atoms with Gasteiger partial charge >= 0.3 is 6.03 Å². The summed E-state index contributed by atoms with van der Waals surface area (Å²) in [4.78, 5) is 24.8. The molecule has 1 fully saturated rings. The van der Waals surface area contributed by atoms with E-state index >= 15 is 0 Å². The number of rotatable bonds is 3. The van der Waals surface area contributed by atoms with Gasteiger partial charge in [0.05, 0.1) is 25.8 Å². The van der Waals surface area contributed by atoms with E-state index in [1.165, 1.54) is 12.0 Å². The van der Waals surface area contributed by atoms with E-state index in [-0.39, 0.29) is 11.8 Å². The van der Waals surface area contributed by atoms with Crippen LogP contribution >= 0.6 is 0 Å². The van der Waals surface area contributed by atoms with Crippen molar-refractivity contribution < 1.29 is 19.1 Å². The van der Waals surface area contributed by atoms with Crippen LogP contribution in [0.3, 0.4) is 0 Å². The molecule has 1 heterocycles. The molecule has 0 spiro atoms. The first-order valence-corrected chi connectivity index (χ1v) is 5.91. The molecular formula is C13H16N2O4. The zero-order valence-corrected chi connectivity index (χ0v) is 11.1. The Morgan fingerprint density at radius 1 is 1.26 bits per heavy atom. The van der Waals surface area contributed by atoms with E-state index in [2.05, 4.69) is 5.32 Å². The van der Waals surface area contributed by atoms with Crippen LogP contribution in [-0.2, 0) is 4.79 Å². The second kappa shape index (κ2) is 5.17. The lowest BCUT2D eigenvalue weighted by Crippen LogP contribution is -2.54. The highest BCUT2D eigenvalue weighted by Crippen LogP contribution is 2.33. The third kappa shape index (κ3) is 2.47. The van der Waals surface area contributed by atoms with Gasteiger partial charge in [0.25, 0.3) is 0 Å². The fourth-order valence-corrected chi connectivity index (χ4v) is 1.95. The third-order valence-corrected chi connectivity index (χ3v) is 3.06. The lowest BCUT2D eigenvalue weighted by atomic mass is 10.1. The fourth-order valence-electron chi connectivity index (χ4n) is 1.95. The number of nitrogens with zero attached hydrogens (tertiary/aromatic N) is 1. The molecule has 2 rings (SSSR count). The first kappa shape index (κ1) is 13.2. The van der Waals surface area contributed by atoms with Crippen LogP contribution < -0.4 is 19.7 Å². The topological polar surface area (TPSA) is 67.9 Å². The molecule has 0 aromatic heterocycles. The van der Waals surface area contributed by atoms with E-state index in [1.54, 1.807) is 32.2 Å². The highest BCUT2D eigenvalue weighted by atomic mass is 16.5. The van der Waals surface area contributed by atoms with Crippen molar-refractivity contribution in [3.63, 3.8) is 0 Å². The Labute approximate surface area is 111 Å². The number of hydrogen-bond acceptors (Lipinski definition) is 4. The number of nitrogens with one attached hydrogen (secondary N) is 1. The Hall–Kier alpha value is -2.24. The molecule has 1 aromatic carbocycles. The predicted molar refractivity (Wildman–Crippen MR) is 69.6 cm³/mol. The zero-order chi connectivity index (χ0) is 14.0. The smallest absolute Gasteiger partial charge is 0.328 e. The zero-order valence-electron chi connectivity index (χ0n) is 11.1. The number of imide groups is 1. The van der Waals surface area contributed by atoms with Crippen LogP contribution in [0.4, 0.5) is 10.5 Å². The molecule has 1 unspecified atom stereocenters. The van der Waals surface area contributed by atoms with E-state index in [0.29, 0.717) is 23.7 Å². The molecule has 6 heteroatoms. The second-order valence-corrected chi connectivity index (χ2v) is 4.34. The number of hydrogen-bond donors (Lipinski definition) is 1. The number of amides is 3. The number of carbonyl (C=O) groups excluding carboxylic acids is 2. The van der Waals surface area contributed by atoms with Crippen LogP contribution in [-0.4, -0.2) is 32.7 Å². The summed E-state index contributed by atoms with van der Waals surface area (Å²) in [5.74, 6) is 0.641. The molecule has 1 atom stereocenters. The summed E-state index contributed by atoms with van der Waals surface area (Å²) in [6.07, 6.45) is 0. The Morgan fingerprint density at radius 3 is 2.63 bits per heavy atom. The van der Waals surface area contributed by atoms with Gasteiger partial charge in [-0.2, -0.15) is 0 Å². The van der Waals surface area contributed by atoms with Crippen molar-refractivity contribution in [2.45, 2.75) is 6.92 Å². The van der Waals surface area contributed by atoms with Crippen LogP contribution in [0.2, 0.25) is 0 Å². The van der Waals surface area contributed by atoms with Crippen LogP contribution in [0.25, 0.3) is 0 Å². The largest absolute Gasteiger partial charge is 0.497 e. The van der Waals surface area contributed by atoms with E-state index in [0.717, 1.165) is 0 Å². The summed E-state index contributed by atoms with van der Waals surface area (Å²) in [6, 6.07) is 4.73. The van der Waals surface area contributed by atoms with Crippen LogP contribution in [0.15, 0.2) is 18.2 Å².